The summed E-state index contributed by atoms with van der Waals surface area (Å²) < 4.78 is 13.1. The van der Waals surface area contributed by atoms with Crippen molar-refractivity contribution in [1.29, 1.82) is 0 Å². The summed E-state index contributed by atoms with van der Waals surface area (Å²) in [6.45, 7) is 2.02. The maximum absolute atomic E-state index is 13.1. The molecule has 2 heterocycles. The second-order valence-corrected chi connectivity index (χ2v) is 6.11. The lowest BCUT2D eigenvalue weighted by Gasteiger charge is -2.30. The molecule has 0 saturated carbocycles. The van der Waals surface area contributed by atoms with Gasteiger partial charge in [0.05, 0.1) is 20.8 Å². The Labute approximate surface area is 146 Å². The number of benzene rings is 2. The summed E-state index contributed by atoms with van der Waals surface area (Å²) in [6.07, 6.45) is 0. The van der Waals surface area contributed by atoms with Crippen molar-refractivity contribution in [3.8, 4) is 11.5 Å². The third kappa shape index (κ3) is 2.52. The van der Waals surface area contributed by atoms with Gasteiger partial charge in [-0.1, -0.05) is 24.3 Å². The Kier molecular flexibility index (Phi) is 3.84. The molecule has 0 fully saturated rings. The molecule has 2 aromatic carbocycles. The van der Waals surface area contributed by atoms with E-state index < -0.39 is 0 Å². The molecule has 0 N–H and O–H groups in total. The summed E-state index contributed by atoms with van der Waals surface area (Å²) in [4.78, 5) is 15.0. The first-order valence-electron chi connectivity index (χ1n) is 8.30. The standard InChI is InChI=1S/C20H20N2O3/c1-24-17-8-5-9-18(25-2)19(17)20(23)21-10-11-22-15(13-21)12-14-6-3-4-7-16(14)22/h3-9,12H,10-11,13H2,1-2H3. The zero-order valence-electron chi connectivity index (χ0n) is 14.4. The fourth-order valence-corrected chi connectivity index (χ4v) is 3.55. The molecule has 5 heteroatoms. The van der Waals surface area contributed by atoms with E-state index >= 15 is 0 Å². The first-order chi connectivity index (χ1) is 12.2. The van der Waals surface area contributed by atoms with Gasteiger partial charge in [-0.05, 0) is 29.7 Å². The molecule has 3 aromatic rings. The zero-order valence-corrected chi connectivity index (χ0v) is 14.4. The topological polar surface area (TPSA) is 43.7 Å². The molecule has 5 nitrogen and oxygen atoms in total. The number of aromatic nitrogens is 1. The van der Waals surface area contributed by atoms with Crippen LogP contribution in [-0.4, -0.2) is 36.1 Å². The average Bonchev–Trinajstić information content (AvgIpc) is 3.04. The van der Waals surface area contributed by atoms with Crippen LogP contribution in [0.5, 0.6) is 11.5 Å². The molecule has 0 spiro atoms. The van der Waals surface area contributed by atoms with Crippen LogP contribution in [0.25, 0.3) is 10.9 Å². The van der Waals surface area contributed by atoms with E-state index in [0.29, 0.717) is 30.2 Å². The van der Waals surface area contributed by atoms with Crippen molar-refractivity contribution in [2.45, 2.75) is 13.1 Å². The van der Waals surface area contributed by atoms with Crippen LogP contribution in [0.4, 0.5) is 0 Å². The van der Waals surface area contributed by atoms with E-state index in [2.05, 4.69) is 22.8 Å². The van der Waals surface area contributed by atoms with Crippen LogP contribution in [0, 0.1) is 0 Å². The Morgan fingerprint density at radius 1 is 0.960 bits per heavy atom. The Bertz CT molecular complexity index is 923. The molecule has 4 rings (SSSR count). The Morgan fingerprint density at radius 3 is 2.40 bits per heavy atom. The van der Waals surface area contributed by atoms with Gasteiger partial charge in [-0.2, -0.15) is 0 Å². The third-order valence-corrected chi connectivity index (χ3v) is 4.77. The minimum atomic E-state index is -0.0641. The van der Waals surface area contributed by atoms with Gasteiger partial charge < -0.3 is 18.9 Å². The van der Waals surface area contributed by atoms with Gasteiger partial charge in [-0.25, -0.2) is 0 Å². The molecule has 0 unspecified atom stereocenters. The first kappa shape index (κ1) is 15.6. The minimum absolute atomic E-state index is 0.0641. The summed E-state index contributed by atoms with van der Waals surface area (Å²) in [5.74, 6) is 1.01. The molecular weight excluding hydrogens is 316 g/mol. The second-order valence-electron chi connectivity index (χ2n) is 6.11. The Hall–Kier alpha value is -2.95. The number of carbonyl (C=O) groups is 1. The van der Waals surface area contributed by atoms with E-state index in [-0.39, 0.29) is 5.91 Å². The summed E-state index contributed by atoms with van der Waals surface area (Å²) in [5, 5.41) is 1.21. The van der Waals surface area contributed by atoms with Crippen LogP contribution in [0.2, 0.25) is 0 Å². The lowest BCUT2D eigenvalue weighted by atomic mass is 10.1. The molecule has 0 atom stereocenters. The molecule has 25 heavy (non-hydrogen) atoms. The van der Waals surface area contributed by atoms with Gasteiger partial charge in [0.15, 0.2) is 0 Å². The smallest absolute Gasteiger partial charge is 0.261 e. The monoisotopic (exact) mass is 336 g/mol. The lowest BCUT2D eigenvalue weighted by molar-refractivity contribution is 0.0705. The van der Waals surface area contributed by atoms with Gasteiger partial charge >= 0.3 is 0 Å². The molecule has 1 aliphatic rings. The molecule has 0 saturated heterocycles. The van der Waals surface area contributed by atoms with Crippen molar-refractivity contribution >= 4 is 16.8 Å². The molecule has 1 amide bonds. The van der Waals surface area contributed by atoms with Crippen molar-refractivity contribution in [3.63, 3.8) is 0 Å². The molecule has 0 bridgehead atoms. The summed E-state index contributed by atoms with van der Waals surface area (Å²) in [5.41, 5.74) is 2.85. The number of para-hydroxylation sites is 1. The number of ether oxygens (including phenoxy) is 2. The SMILES string of the molecule is COc1cccc(OC)c1C(=O)N1CCn2c(cc3ccccc32)C1. The van der Waals surface area contributed by atoms with E-state index in [4.69, 9.17) is 9.47 Å². The van der Waals surface area contributed by atoms with Crippen molar-refractivity contribution in [3.05, 3.63) is 59.8 Å². The van der Waals surface area contributed by atoms with E-state index in [1.807, 2.05) is 23.1 Å². The van der Waals surface area contributed by atoms with Crippen LogP contribution in [0.3, 0.4) is 0 Å². The number of amides is 1. The van der Waals surface area contributed by atoms with Crippen LogP contribution in [-0.2, 0) is 13.1 Å². The highest BCUT2D eigenvalue weighted by Crippen LogP contribution is 2.31. The highest BCUT2D eigenvalue weighted by Gasteiger charge is 2.27. The average molecular weight is 336 g/mol. The molecule has 0 radical (unpaired) electrons. The van der Waals surface area contributed by atoms with Crippen LogP contribution in [0.1, 0.15) is 16.1 Å². The summed E-state index contributed by atoms with van der Waals surface area (Å²) in [7, 11) is 3.14. The molecule has 1 aliphatic heterocycles. The summed E-state index contributed by atoms with van der Waals surface area (Å²) >= 11 is 0. The van der Waals surface area contributed by atoms with E-state index in [0.717, 1.165) is 12.2 Å². The van der Waals surface area contributed by atoms with Gasteiger partial charge in [-0.3, -0.25) is 4.79 Å². The van der Waals surface area contributed by atoms with Crippen LogP contribution in [0.15, 0.2) is 48.5 Å². The second kappa shape index (κ2) is 6.16. The quantitative estimate of drug-likeness (QED) is 0.737. The predicted octanol–water partition coefficient (Wildman–Crippen LogP) is 3.31. The first-order valence-corrected chi connectivity index (χ1v) is 8.30. The largest absolute Gasteiger partial charge is 0.496 e. The molecule has 0 aliphatic carbocycles. The maximum atomic E-state index is 13.1. The third-order valence-electron chi connectivity index (χ3n) is 4.77. The maximum Gasteiger partial charge on any atom is 0.261 e. The number of hydrogen-bond acceptors (Lipinski definition) is 3. The van der Waals surface area contributed by atoms with Gasteiger partial charge in [0.25, 0.3) is 5.91 Å². The van der Waals surface area contributed by atoms with E-state index in [1.165, 1.54) is 10.9 Å². The predicted molar refractivity (Wildman–Crippen MR) is 96.2 cm³/mol. The van der Waals surface area contributed by atoms with Crippen molar-refractivity contribution in [2.24, 2.45) is 0 Å². The highest BCUT2D eigenvalue weighted by atomic mass is 16.5. The fraction of sp³-hybridized carbons (Fsp3) is 0.250. The zero-order chi connectivity index (χ0) is 17.4. The molecular formula is C20H20N2O3. The van der Waals surface area contributed by atoms with Gasteiger partial charge in [0.1, 0.15) is 17.1 Å². The van der Waals surface area contributed by atoms with Crippen LogP contribution >= 0.6 is 0 Å². The minimum Gasteiger partial charge on any atom is -0.496 e. The van der Waals surface area contributed by atoms with Gasteiger partial charge in [0, 0.05) is 24.3 Å². The highest BCUT2D eigenvalue weighted by molar-refractivity contribution is 6.00. The Balaban J connectivity index is 1.69. The van der Waals surface area contributed by atoms with Gasteiger partial charge in [-0.15, -0.1) is 0 Å². The van der Waals surface area contributed by atoms with Crippen molar-refractivity contribution in [1.82, 2.24) is 9.47 Å². The number of rotatable bonds is 3. The number of carbonyl (C=O) groups excluding carboxylic acids is 1. The van der Waals surface area contributed by atoms with E-state index in [1.54, 1.807) is 26.4 Å². The lowest BCUT2D eigenvalue weighted by Crippen LogP contribution is -2.38. The molecule has 128 valence electrons. The number of methoxy groups -OCH3 is 2. The number of nitrogens with zero attached hydrogens (tertiary/aromatic N) is 2. The fourth-order valence-electron chi connectivity index (χ4n) is 3.55. The normalized spacial score (nSPS) is 13.6. The number of hydrogen-bond donors (Lipinski definition) is 0. The summed E-state index contributed by atoms with van der Waals surface area (Å²) in [6, 6.07) is 15.9. The Morgan fingerprint density at radius 2 is 1.68 bits per heavy atom. The van der Waals surface area contributed by atoms with Crippen LogP contribution < -0.4 is 9.47 Å². The van der Waals surface area contributed by atoms with Crippen molar-refractivity contribution in [2.75, 3.05) is 20.8 Å². The van der Waals surface area contributed by atoms with E-state index in [9.17, 15) is 4.79 Å². The van der Waals surface area contributed by atoms with Crippen molar-refractivity contribution < 1.29 is 14.3 Å². The number of fused-ring (bicyclic) bond motifs is 3. The molecule has 1 aromatic heterocycles. The van der Waals surface area contributed by atoms with Gasteiger partial charge in [0.2, 0.25) is 0 Å².